The van der Waals surface area contributed by atoms with E-state index in [1.807, 2.05) is 43.3 Å². The molecule has 0 spiro atoms. The Morgan fingerprint density at radius 1 is 1.23 bits per heavy atom. The van der Waals surface area contributed by atoms with Crippen LogP contribution in [0.5, 0.6) is 0 Å². The van der Waals surface area contributed by atoms with Gasteiger partial charge >= 0.3 is 0 Å². The van der Waals surface area contributed by atoms with Crippen LogP contribution in [-0.2, 0) is 11.3 Å². The van der Waals surface area contributed by atoms with Crippen LogP contribution in [0.2, 0.25) is 0 Å². The smallest absolute Gasteiger partial charge is 0.273 e. The van der Waals surface area contributed by atoms with Crippen molar-refractivity contribution in [2.24, 2.45) is 0 Å². The van der Waals surface area contributed by atoms with Crippen LogP contribution in [0.1, 0.15) is 40.9 Å². The summed E-state index contributed by atoms with van der Waals surface area (Å²) in [7, 11) is 0. The highest BCUT2D eigenvalue weighted by Crippen LogP contribution is 2.29. The molecule has 31 heavy (non-hydrogen) atoms. The summed E-state index contributed by atoms with van der Waals surface area (Å²) < 4.78 is 0. The van der Waals surface area contributed by atoms with E-state index in [1.165, 1.54) is 11.3 Å². The van der Waals surface area contributed by atoms with Crippen molar-refractivity contribution in [2.45, 2.75) is 38.8 Å². The number of hydrogen-bond donors (Lipinski definition) is 2. The van der Waals surface area contributed by atoms with Crippen LogP contribution < -0.4 is 10.6 Å². The topological polar surface area (TPSA) is 87.2 Å². The van der Waals surface area contributed by atoms with Crippen molar-refractivity contribution in [3.63, 3.8) is 0 Å². The number of nitrogens with one attached hydrogen (secondary N) is 2. The normalized spacial score (nSPS) is 12.9. The molecule has 2 amide bonds. The molecule has 2 aromatic heterocycles. The fourth-order valence-electron chi connectivity index (χ4n) is 3.27. The SMILES string of the molecule is Cc1cccc(Nc2nc(C(=O)N(CCC(=O)NCc3cccnc3)C3CC3)cs2)c1. The largest absolute Gasteiger partial charge is 0.352 e. The Morgan fingerprint density at radius 2 is 2.10 bits per heavy atom. The highest BCUT2D eigenvalue weighted by atomic mass is 32.1. The van der Waals surface area contributed by atoms with E-state index in [1.54, 1.807) is 22.7 Å². The zero-order valence-electron chi connectivity index (χ0n) is 17.4. The Balaban J connectivity index is 1.32. The fraction of sp³-hybridized carbons (Fsp3) is 0.304. The van der Waals surface area contributed by atoms with E-state index in [0.29, 0.717) is 23.9 Å². The lowest BCUT2D eigenvalue weighted by Crippen LogP contribution is -2.37. The van der Waals surface area contributed by atoms with Gasteiger partial charge in [-0.2, -0.15) is 0 Å². The minimum atomic E-state index is -0.115. The van der Waals surface area contributed by atoms with Crippen molar-refractivity contribution < 1.29 is 9.59 Å². The minimum absolute atomic E-state index is 0.0811. The van der Waals surface area contributed by atoms with E-state index in [-0.39, 0.29) is 24.3 Å². The lowest BCUT2D eigenvalue weighted by atomic mass is 10.2. The maximum Gasteiger partial charge on any atom is 0.273 e. The van der Waals surface area contributed by atoms with E-state index in [2.05, 4.69) is 20.6 Å². The second-order valence-corrected chi connectivity index (χ2v) is 8.51. The van der Waals surface area contributed by atoms with Gasteiger partial charge in [-0.25, -0.2) is 4.98 Å². The van der Waals surface area contributed by atoms with E-state index >= 15 is 0 Å². The van der Waals surface area contributed by atoms with E-state index in [9.17, 15) is 9.59 Å². The molecule has 3 aromatic rings. The molecule has 7 nitrogen and oxygen atoms in total. The highest BCUT2D eigenvalue weighted by Gasteiger charge is 2.34. The Labute approximate surface area is 185 Å². The molecule has 0 bridgehead atoms. The van der Waals surface area contributed by atoms with Crippen molar-refractivity contribution in [2.75, 3.05) is 11.9 Å². The van der Waals surface area contributed by atoms with Gasteiger partial charge in [-0.05, 0) is 49.1 Å². The molecule has 4 rings (SSSR count). The van der Waals surface area contributed by atoms with Crippen molar-refractivity contribution >= 4 is 34.0 Å². The summed E-state index contributed by atoms with van der Waals surface area (Å²) in [5.74, 6) is -0.196. The number of aromatic nitrogens is 2. The lowest BCUT2D eigenvalue weighted by molar-refractivity contribution is -0.121. The number of nitrogens with zero attached hydrogens (tertiary/aromatic N) is 3. The van der Waals surface area contributed by atoms with E-state index in [4.69, 9.17) is 0 Å². The molecule has 1 aliphatic carbocycles. The number of benzene rings is 1. The van der Waals surface area contributed by atoms with Gasteiger partial charge in [-0.15, -0.1) is 11.3 Å². The number of aryl methyl sites for hydroxylation is 1. The zero-order chi connectivity index (χ0) is 21.6. The van der Waals surface area contributed by atoms with Crippen molar-refractivity contribution in [3.8, 4) is 0 Å². The van der Waals surface area contributed by atoms with Gasteiger partial charge in [0, 0.05) is 49.0 Å². The van der Waals surface area contributed by atoms with Gasteiger partial charge in [0.05, 0.1) is 0 Å². The van der Waals surface area contributed by atoms with Crippen molar-refractivity contribution in [1.29, 1.82) is 0 Å². The summed E-state index contributed by atoms with van der Waals surface area (Å²) in [4.78, 5) is 35.6. The molecule has 0 aliphatic heterocycles. The average Bonchev–Trinajstić information content (AvgIpc) is 3.51. The van der Waals surface area contributed by atoms with Gasteiger partial charge in [-0.1, -0.05) is 18.2 Å². The highest BCUT2D eigenvalue weighted by molar-refractivity contribution is 7.14. The quantitative estimate of drug-likeness (QED) is 0.532. The average molecular weight is 436 g/mol. The number of rotatable bonds is 9. The monoisotopic (exact) mass is 435 g/mol. The van der Waals surface area contributed by atoms with Crippen LogP contribution >= 0.6 is 11.3 Å². The van der Waals surface area contributed by atoms with E-state index in [0.717, 1.165) is 29.7 Å². The number of amides is 2. The molecule has 0 saturated heterocycles. The van der Waals surface area contributed by atoms with Gasteiger partial charge in [0.15, 0.2) is 5.13 Å². The third-order valence-electron chi connectivity index (χ3n) is 5.03. The summed E-state index contributed by atoms with van der Waals surface area (Å²) in [6, 6.07) is 12.0. The third-order valence-corrected chi connectivity index (χ3v) is 5.79. The summed E-state index contributed by atoms with van der Waals surface area (Å²) in [6.07, 6.45) is 5.64. The second-order valence-electron chi connectivity index (χ2n) is 7.65. The molecule has 1 aromatic carbocycles. The molecule has 1 aliphatic rings. The molecule has 0 radical (unpaired) electrons. The molecule has 0 atom stereocenters. The van der Waals surface area contributed by atoms with Gasteiger partial charge in [-0.3, -0.25) is 14.6 Å². The Bertz CT molecular complexity index is 1050. The number of carbonyl (C=O) groups is 2. The lowest BCUT2D eigenvalue weighted by Gasteiger charge is -2.21. The fourth-order valence-corrected chi connectivity index (χ4v) is 3.98. The molecule has 8 heteroatoms. The van der Waals surface area contributed by atoms with Crippen molar-refractivity contribution in [1.82, 2.24) is 20.2 Å². The van der Waals surface area contributed by atoms with Crippen molar-refractivity contribution in [3.05, 3.63) is 71.0 Å². The van der Waals surface area contributed by atoms with E-state index < -0.39 is 0 Å². The first-order valence-electron chi connectivity index (χ1n) is 10.3. The number of carbonyl (C=O) groups excluding carboxylic acids is 2. The van der Waals surface area contributed by atoms with Gasteiger partial charge < -0.3 is 15.5 Å². The van der Waals surface area contributed by atoms with Crippen LogP contribution in [0, 0.1) is 6.92 Å². The number of anilines is 2. The second kappa shape index (κ2) is 9.70. The van der Waals surface area contributed by atoms with Crippen LogP contribution in [-0.4, -0.2) is 39.3 Å². The van der Waals surface area contributed by atoms with Crippen LogP contribution in [0.4, 0.5) is 10.8 Å². The maximum absolute atomic E-state index is 13.0. The Kier molecular flexibility index (Phi) is 6.57. The third kappa shape index (κ3) is 5.88. The molecular formula is C23H25N5O2S. The van der Waals surface area contributed by atoms with Gasteiger partial charge in [0.1, 0.15) is 5.69 Å². The number of hydrogen-bond acceptors (Lipinski definition) is 6. The molecule has 2 heterocycles. The molecular weight excluding hydrogens is 410 g/mol. The predicted molar refractivity (Wildman–Crippen MR) is 121 cm³/mol. The molecule has 2 N–H and O–H groups in total. The molecule has 1 fully saturated rings. The summed E-state index contributed by atoms with van der Waals surface area (Å²) >= 11 is 1.40. The first-order chi connectivity index (χ1) is 15.1. The zero-order valence-corrected chi connectivity index (χ0v) is 18.2. The Hall–Kier alpha value is -3.26. The summed E-state index contributed by atoms with van der Waals surface area (Å²) in [6.45, 7) is 2.85. The first kappa shape index (κ1) is 21.0. The molecule has 160 valence electrons. The van der Waals surface area contributed by atoms with Crippen LogP contribution in [0.25, 0.3) is 0 Å². The van der Waals surface area contributed by atoms with Gasteiger partial charge in [0.25, 0.3) is 5.91 Å². The Morgan fingerprint density at radius 3 is 2.84 bits per heavy atom. The van der Waals surface area contributed by atoms with Gasteiger partial charge in [0.2, 0.25) is 5.91 Å². The van der Waals surface area contributed by atoms with Crippen LogP contribution in [0.15, 0.2) is 54.2 Å². The standard InChI is InChI=1S/C23H25N5O2S/c1-16-4-2-6-18(12-16)26-23-27-20(15-31-23)22(30)28(19-7-8-19)11-9-21(29)25-14-17-5-3-10-24-13-17/h2-6,10,12-13,15,19H,7-9,11,14H2,1H3,(H,25,29)(H,26,27). The summed E-state index contributed by atoms with van der Waals surface area (Å²) in [5, 5.41) is 8.60. The molecule has 0 unspecified atom stereocenters. The predicted octanol–water partition coefficient (Wildman–Crippen LogP) is 3.90. The number of pyridine rings is 1. The maximum atomic E-state index is 13.0. The minimum Gasteiger partial charge on any atom is -0.352 e. The first-order valence-corrected chi connectivity index (χ1v) is 11.2. The van der Waals surface area contributed by atoms with Crippen LogP contribution in [0.3, 0.4) is 0 Å². The summed E-state index contributed by atoms with van der Waals surface area (Å²) in [5.41, 5.74) is 3.46. The molecule has 1 saturated carbocycles. The number of thiazole rings is 1.